The van der Waals surface area contributed by atoms with Crippen LogP contribution in [0.2, 0.25) is 0 Å². The van der Waals surface area contributed by atoms with Crippen molar-refractivity contribution in [3.63, 3.8) is 0 Å². The molecule has 1 fully saturated rings. The molecule has 1 saturated heterocycles. The summed E-state index contributed by atoms with van der Waals surface area (Å²) in [4.78, 5) is 12.1. The summed E-state index contributed by atoms with van der Waals surface area (Å²) in [6, 6.07) is 6.24. The lowest BCUT2D eigenvalue weighted by atomic mass is 9.91. The average Bonchev–Trinajstić information content (AvgIpc) is 2.77. The molecule has 1 aliphatic rings. The maximum atomic E-state index is 13.0. The van der Waals surface area contributed by atoms with Crippen LogP contribution >= 0.6 is 0 Å². The number of carbonyl (C=O) groups is 1. The minimum atomic E-state index is -0.287. The van der Waals surface area contributed by atoms with Gasteiger partial charge in [0.1, 0.15) is 11.6 Å². The smallest absolute Gasteiger partial charge is 0.143 e. The molecule has 0 bridgehead atoms. The number of hydrogen-bond donors (Lipinski definition) is 0. The fourth-order valence-corrected chi connectivity index (χ4v) is 2.40. The number of ether oxygens (including phenoxy) is 1. The maximum absolute atomic E-state index is 13.0. The summed E-state index contributed by atoms with van der Waals surface area (Å²) in [7, 11) is 0. The Morgan fingerprint density at radius 2 is 2.35 bits per heavy atom. The third kappa shape index (κ3) is 2.91. The molecule has 17 heavy (non-hydrogen) atoms. The lowest BCUT2D eigenvalue weighted by molar-refractivity contribution is -0.123. The molecule has 2 atom stereocenters. The van der Waals surface area contributed by atoms with E-state index in [0.717, 1.165) is 18.4 Å². The van der Waals surface area contributed by atoms with E-state index in [2.05, 4.69) is 0 Å². The molecule has 0 aliphatic carbocycles. The van der Waals surface area contributed by atoms with Gasteiger partial charge >= 0.3 is 0 Å². The van der Waals surface area contributed by atoms with E-state index >= 15 is 0 Å². The Balaban J connectivity index is 2.01. The normalized spacial score (nSPS) is 23.9. The number of carbonyl (C=O) groups excluding carboxylic acids is 1. The summed E-state index contributed by atoms with van der Waals surface area (Å²) >= 11 is 0. The topological polar surface area (TPSA) is 26.3 Å². The highest BCUT2D eigenvalue weighted by atomic mass is 19.1. The van der Waals surface area contributed by atoms with Crippen LogP contribution in [-0.2, 0) is 16.0 Å². The quantitative estimate of drug-likeness (QED) is 0.803. The Kier molecular flexibility index (Phi) is 3.89. The Hall–Kier alpha value is -1.22. The van der Waals surface area contributed by atoms with E-state index in [1.807, 2.05) is 6.92 Å². The molecule has 0 radical (unpaired) electrons. The third-order valence-electron chi connectivity index (χ3n) is 3.29. The van der Waals surface area contributed by atoms with Crippen LogP contribution in [0, 0.1) is 11.7 Å². The van der Waals surface area contributed by atoms with Crippen molar-refractivity contribution in [2.45, 2.75) is 32.3 Å². The van der Waals surface area contributed by atoms with Crippen molar-refractivity contribution in [2.75, 3.05) is 6.61 Å². The summed E-state index contributed by atoms with van der Waals surface area (Å²) < 4.78 is 18.5. The highest BCUT2D eigenvalue weighted by molar-refractivity contribution is 5.84. The van der Waals surface area contributed by atoms with Gasteiger partial charge in [-0.05, 0) is 30.5 Å². The van der Waals surface area contributed by atoms with Gasteiger partial charge in [0.05, 0.1) is 6.10 Å². The van der Waals surface area contributed by atoms with E-state index in [-0.39, 0.29) is 23.6 Å². The summed E-state index contributed by atoms with van der Waals surface area (Å²) in [5, 5.41) is 0. The fourth-order valence-electron chi connectivity index (χ4n) is 2.40. The third-order valence-corrected chi connectivity index (χ3v) is 3.29. The van der Waals surface area contributed by atoms with E-state index in [0.29, 0.717) is 13.0 Å². The Labute approximate surface area is 101 Å². The lowest BCUT2D eigenvalue weighted by Gasteiger charge is -2.15. The van der Waals surface area contributed by atoms with Crippen molar-refractivity contribution in [1.82, 2.24) is 0 Å². The van der Waals surface area contributed by atoms with Gasteiger partial charge in [-0.25, -0.2) is 4.39 Å². The minimum absolute atomic E-state index is 0.0109. The fraction of sp³-hybridized carbons (Fsp3) is 0.500. The number of benzene rings is 1. The average molecular weight is 236 g/mol. The van der Waals surface area contributed by atoms with Gasteiger partial charge < -0.3 is 4.74 Å². The molecule has 2 nitrogen and oxygen atoms in total. The maximum Gasteiger partial charge on any atom is 0.143 e. The van der Waals surface area contributed by atoms with E-state index in [4.69, 9.17) is 4.74 Å². The predicted octanol–water partition coefficient (Wildman–Crippen LogP) is 2.75. The molecule has 2 rings (SSSR count). The summed E-state index contributed by atoms with van der Waals surface area (Å²) in [6.07, 6.45) is 2.02. The number of rotatable bonds is 4. The first-order valence-electron chi connectivity index (χ1n) is 6.09. The molecular weight excluding hydrogens is 219 g/mol. The van der Waals surface area contributed by atoms with Crippen molar-refractivity contribution in [3.05, 3.63) is 35.6 Å². The van der Waals surface area contributed by atoms with Gasteiger partial charge in [0, 0.05) is 18.9 Å². The lowest BCUT2D eigenvalue weighted by Crippen LogP contribution is -2.25. The van der Waals surface area contributed by atoms with Crippen LogP contribution in [0.15, 0.2) is 24.3 Å². The van der Waals surface area contributed by atoms with Gasteiger partial charge in [-0.15, -0.1) is 0 Å². The molecule has 0 spiro atoms. The minimum Gasteiger partial charge on any atom is -0.377 e. The first-order chi connectivity index (χ1) is 8.20. The molecule has 2 unspecified atom stereocenters. The molecule has 0 aromatic heterocycles. The second kappa shape index (κ2) is 5.41. The van der Waals surface area contributed by atoms with Crippen LogP contribution in [0.1, 0.15) is 25.3 Å². The molecule has 92 valence electrons. The number of hydrogen-bond acceptors (Lipinski definition) is 2. The van der Waals surface area contributed by atoms with Crippen LogP contribution in [0.4, 0.5) is 4.39 Å². The summed E-state index contributed by atoms with van der Waals surface area (Å²) in [6.45, 7) is 2.69. The molecular formula is C14H17FO2. The largest absolute Gasteiger partial charge is 0.377 e. The standard InChI is InChI=1S/C14H17FO2/c1-2-14-12(6-7-17-14)13(16)9-10-4-3-5-11(15)8-10/h3-5,8,12,14H,2,6-7,9H2,1H3. The number of ketones is 1. The van der Waals surface area contributed by atoms with E-state index in [9.17, 15) is 9.18 Å². The zero-order valence-corrected chi connectivity index (χ0v) is 9.99. The van der Waals surface area contributed by atoms with Gasteiger partial charge in [0.25, 0.3) is 0 Å². The molecule has 0 N–H and O–H groups in total. The second-order valence-electron chi connectivity index (χ2n) is 4.49. The van der Waals surface area contributed by atoms with Gasteiger partial charge in [-0.3, -0.25) is 4.79 Å². The van der Waals surface area contributed by atoms with E-state index in [1.54, 1.807) is 12.1 Å². The van der Waals surface area contributed by atoms with Crippen molar-refractivity contribution in [3.8, 4) is 0 Å². The zero-order valence-electron chi connectivity index (χ0n) is 9.99. The van der Waals surface area contributed by atoms with Crippen molar-refractivity contribution >= 4 is 5.78 Å². The SMILES string of the molecule is CCC1OCCC1C(=O)Cc1cccc(F)c1. The van der Waals surface area contributed by atoms with Crippen LogP contribution < -0.4 is 0 Å². The molecule has 1 heterocycles. The van der Waals surface area contributed by atoms with Gasteiger partial charge in [-0.2, -0.15) is 0 Å². The Morgan fingerprint density at radius 3 is 3.06 bits per heavy atom. The number of Topliss-reactive ketones (excluding diaryl/α,β-unsaturated/α-hetero) is 1. The van der Waals surface area contributed by atoms with Gasteiger partial charge in [-0.1, -0.05) is 19.1 Å². The Morgan fingerprint density at radius 1 is 1.53 bits per heavy atom. The molecule has 3 heteroatoms. The Bertz CT molecular complexity index is 403. The van der Waals surface area contributed by atoms with Crippen LogP contribution in [0.25, 0.3) is 0 Å². The first-order valence-corrected chi connectivity index (χ1v) is 6.09. The van der Waals surface area contributed by atoms with Gasteiger partial charge in [0.2, 0.25) is 0 Å². The molecule has 1 aliphatic heterocycles. The van der Waals surface area contributed by atoms with Crippen LogP contribution in [0.5, 0.6) is 0 Å². The van der Waals surface area contributed by atoms with Crippen LogP contribution in [-0.4, -0.2) is 18.5 Å². The highest BCUT2D eigenvalue weighted by Crippen LogP contribution is 2.25. The van der Waals surface area contributed by atoms with Crippen molar-refractivity contribution < 1.29 is 13.9 Å². The molecule has 1 aromatic carbocycles. The van der Waals surface area contributed by atoms with Crippen molar-refractivity contribution in [2.24, 2.45) is 5.92 Å². The van der Waals surface area contributed by atoms with Gasteiger partial charge in [0.15, 0.2) is 0 Å². The monoisotopic (exact) mass is 236 g/mol. The van der Waals surface area contributed by atoms with E-state index < -0.39 is 0 Å². The predicted molar refractivity (Wildman–Crippen MR) is 63.2 cm³/mol. The van der Waals surface area contributed by atoms with E-state index in [1.165, 1.54) is 12.1 Å². The molecule has 0 saturated carbocycles. The highest BCUT2D eigenvalue weighted by Gasteiger charge is 2.32. The molecule has 0 amide bonds. The zero-order chi connectivity index (χ0) is 12.3. The summed E-state index contributed by atoms with van der Waals surface area (Å²) in [5.41, 5.74) is 0.747. The van der Waals surface area contributed by atoms with Crippen molar-refractivity contribution in [1.29, 1.82) is 0 Å². The van der Waals surface area contributed by atoms with Crippen LogP contribution in [0.3, 0.4) is 0 Å². The molecule has 1 aromatic rings. The number of halogens is 1. The first kappa shape index (κ1) is 12.2. The second-order valence-corrected chi connectivity index (χ2v) is 4.49. The summed E-state index contributed by atoms with van der Waals surface area (Å²) in [5.74, 6) is -0.131.